The Balaban J connectivity index is 1.40. The third kappa shape index (κ3) is 6.67. The molecular weight excluding hydrogens is 528 g/mol. The highest BCUT2D eigenvalue weighted by molar-refractivity contribution is 9.10. The summed E-state index contributed by atoms with van der Waals surface area (Å²) in [5, 5.41) is 3.00. The number of benzene rings is 2. The first-order chi connectivity index (χ1) is 16.9. The monoisotopic (exact) mass is 558 g/mol. The van der Waals surface area contributed by atoms with Crippen LogP contribution in [0.2, 0.25) is 0 Å². The van der Waals surface area contributed by atoms with Crippen LogP contribution in [0.4, 0.5) is 5.69 Å². The molecule has 2 aromatic rings. The molecule has 0 atom stereocenters. The van der Waals surface area contributed by atoms with E-state index in [-0.39, 0.29) is 18.4 Å². The number of rotatable bonds is 8. The molecule has 7 nitrogen and oxygen atoms in total. The summed E-state index contributed by atoms with van der Waals surface area (Å²) in [5.74, 6) is 0.407. The van der Waals surface area contributed by atoms with Gasteiger partial charge in [0.05, 0.1) is 22.2 Å². The molecule has 2 amide bonds. The van der Waals surface area contributed by atoms with E-state index in [4.69, 9.17) is 4.74 Å². The molecule has 1 N–H and O–H groups in total. The van der Waals surface area contributed by atoms with Crippen molar-refractivity contribution in [1.29, 1.82) is 0 Å². The normalized spacial score (nSPS) is 18.0. The fourth-order valence-electron chi connectivity index (χ4n) is 4.14. The van der Waals surface area contributed by atoms with Gasteiger partial charge in [0.25, 0.3) is 5.91 Å². The number of carbonyl (C=O) groups excluding carboxylic acids is 2. The number of anilines is 1. The fourth-order valence-corrected chi connectivity index (χ4v) is 5.76. The second kappa shape index (κ2) is 12.1. The van der Waals surface area contributed by atoms with Gasteiger partial charge in [-0.05, 0) is 71.8 Å². The molecule has 0 bridgehead atoms. The Morgan fingerprint density at radius 3 is 2.69 bits per heavy atom. The molecule has 186 valence electrons. The van der Waals surface area contributed by atoms with Crippen LogP contribution in [0.1, 0.15) is 12.0 Å². The minimum atomic E-state index is -0.173. The number of piperazine rings is 1. The van der Waals surface area contributed by atoms with Crippen molar-refractivity contribution in [1.82, 2.24) is 15.1 Å². The zero-order chi connectivity index (χ0) is 24.8. The third-order valence-electron chi connectivity index (χ3n) is 6.18. The number of methoxy groups -OCH3 is 1. The third-order valence-corrected chi connectivity index (χ3v) is 7.87. The summed E-state index contributed by atoms with van der Waals surface area (Å²) in [4.78, 5) is 34.0. The van der Waals surface area contributed by atoms with Gasteiger partial charge in [0.15, 0.2) is 0 Å². The molecule has 1 saturated heterocycles. The number of hydrogen-bond donors (Lipinski definition) is 1. The SMILES string of the molecule is COc1ccc(/C=C2/Sc3ccccc3N(CC(=O)NCCCN3CCN(C)CC3)C2=O)cc1Br. The lowest BCUT2D eigenvalue weighted by atomic mass is 10.2. The van der Waals surface area contributed by atoms with Crippen molar-refractivity contribution >= 4 is 51.3 Å². The Kier molecular flexibility index (Phi) is 8.89. The van der Waals surface area contributed by atoms with Gasteiger partial charge in [-0.25, -0.2) is 0 Å². The summed E-state index contributed by atoms with van der Waals surface area (Å²) in [6.45, 7) is 5.89. The molecule has 35 heavy (non-hydrogen) atoms. The highest BCUT2D eigenvalue weighted by Gasteiger charge is 2.30. The highest BCUT2D eigenvalue weighted by atomic mass is 79.9. The number of amides is 2. The van der Waals surface area contributed by atoms with E-state index in [1.165, 1.54) is 11.8 Å². The van der Waals surface area contributed by atoms with Gasteiger partial charge in [0.1, 0.15) is 12.3 Å². The lowest BCUT2D eigenvalue weighted by molar-refractivity contribution is -0.122. The van der Waals surface area contributed by atoms with Gasteiger partial charge in [-0.3, -0.25) is 14.5 Å². The smallest absolute Gasteiger partial charge is 0.265 e. The number of thioether (sulfide) groups is 1. The molecule has 0 radical (unpaired) electrons. The number of carbonyl (C=O) groups is 2. The van der Waals surface area contributed by atoms with Gasteiger partial charge in [0.2, 0.25) is 5.91 Å². The predicted octanol–water partition coefficient (Wildman–Crippen LogP) is 3.69. The first-order valence-electron chi connectivity index (χ1n) is 11.8. The second-order valence-electron chi connectivity index (χ2n) is 8.71. The van der Waals surface area contributed by atoms with Crippen molar-refractivity contribution in [3.8, 4) is 5.75 Å². The number of halogens is 1. The Labute approximate surface area is 219 Å². The van der Waals surface area contributed by atoms with E-state index >= 15 is 0 Å². The molecule has 2 aliphatic rings. The van der Waals surface area contributed by atoms with Crippen LogP contribution in [0.3, 0.4) is 0 Å². The maximum absolute atomic E-state index is 13.4. The minimum Gasteiger partial charge on any atom is -0.496 e. The zero-order valence-corrected chi connectivity index (χ0v) is 22.5. The molecule has 0 spiro atoms. The van der Waals surface area contributed by atoms with Crippen LogP contribution >= 0.6 is 27.7 Å². The molecule has 0 aromatic heterocycles. The highest BCUT2D eigenvalue weighted by Crippen LogP contribution is 2.42. The molecule has 2 heterocycles. The topological polar surface area (TPSA) is 65.1 Å². The van der Waals surface area contributed by atoms with E-state index < -0.39 is 0 Å². The zero-order valence-electron chi connectivity index (χ0n) is 20.1. The van der Waals surface area contributed by atoms with E-state index in [0.29, 0.717) is 11.4 Å². The van der Waals surface area contributed by atoms with E-state index in [0.717, 1.165) is 65.5 Å². The molecule has 4 rings (SSSR count). The van der Waals surface area contributed by atoms with Crippen LogP contribution < -0.4 is 15.0 Å². The van der Waals surface area contributed by atoms with Crippen LogP contribution in [0.25, 0.3) is 6.08 Å². The maximum Gasteiger partial charge on any atom is 0.265 e. The van der Waals surface area contributed by atoms with E-state index in [2.05, 4.69) is 38.1 Å². The number of nitrogens with one attached hydrogen (secondary N) is 1. The van der Waals surface area contributed by atoms with E-state index in [1.807, 2.05) is 48.5 Å². The summed E-state index contributed by atoms with van der Waals surface area (Å²) in [6, 6.07) is 13.4. The molecule has 2 aromatic carbocycles. The van der Waals surface area contributed by atoms with Crippen LogP contribution in [-0.2, 0) is 9.59 Å². The summed E-state index contributed by atoms with van der Waals surface area (Å²) in [5.41, 5.74) is 1.64. The lowest BCUT2D eigenvalue weighted by Crippen LogP contribution is -2.45. The number of likely N-dealkylation sites (N-methyl/N-ethyl adjacent to an activating group) is 1. The lowest BCUT2D eigenvalue weighted by Gasteiger charge is -2.32. The summed E-state index contributed by atoms with van der Waals surface area (Å²) in [6.07, 6.45) is 2.75. The van der Waals surface area contributed by atoms with Gasteiger partial charge in [-0.1, -0.05) is 30.0 Å². The molecule has 0 unspecified atom stereocenters. The van der Waals surface area contributed by atoms with Gasteiger partial charge in [-0.2, -0.15) is 0 Å². The Hall–Kier alpha value is -2.33. The van der Waals surface area contributed by atoms with Crippen LogP contribution in [0, 0.1) is 0 Å². The fraction of sp³-hybridized carbons (Fsp3) is 0.385. The molecule has 2 aliphatic heterocycles. The van der Waals surface area contributed by atoms with Gasteiger partial charge < -0.3 is 19.9 Å². The van der Waals surface area contributed by atoms with Crippen molar-refractivity contribution in [3.05, 3.63) is 57.4 Å². The van der Waals surface area contributed by atoms with Gasteiger partial charge in [0, 0.05) is 37.6 Å². The Bertz CT molecular complexity index is 1100. The molecule has 1 fully saturated rings. The quantitative estimate of drug-likeness (QED) is 0.393. The average Bonchev–Trinajstić information content (AvgIpc) is 2.85. The van der Waals surface area contributed by atoms with E-state index in [9.17, 15) is 9.59 Å². The Morgan fingerprint density at radius 1 is 1.17 bits per heavy atom. The van der Waals surface area contributed by atoms with E-state index in [1.54, 1.807) is 12.0 Å². The number of nitrogens with zero attached hydrogens (tertiary/aromatic N) is 3. The average molecular weight is 560 g/mol. The number of fused-ring (bicyclic) bond motifs is 1. The van der Waals surface area contributed by atoms with Crippen molar-refractivity contribution in [2.75, 3.05) is 64.9 Å². The van der Waals surface area contributed by atoms with Crippen molar-refractivity contribution in [3.63, 3.8) is 0 Å². The molecular formula is C26H31BrN4O3S. The van der Waals surface area contributed by atoms with Crippen molar-refractivity contribution < 1.29 is 14.3 Å². The second-order valence-corrected chi connectivity index (χ2v) is 10.7. The van der Waals surface area contributed by atoms with Crippen molar-refractivity contribution in [2.24, 2.45) is 0 Å². The number of para-hydroxylation sites is 1. The molecule has 0 aliphatic carbocycles. The van der Waals surface area contributed by atoms with Gasteiger partial charge >= 0.3 is 0 Å². The van der Waals surface area contributed by atoms with Crippen molar-refractivity contribution in [2.45, 2.75) is 11.3 Å². The predicted molar refractivity (Wildman–Crippen MR) is 145 cm³/mol. The molecule has 9 heteroatoms. The summed E-state index contributed by atoms with van der Waals surface area (Å²) < 4.78 is 6.12. The Morgan fingerprint density at radius 2 is 1.94 bits per heavy atom. The van der Waals surface area contributed by atoms with Crippen LogP contribution in [0.15, 0.2) is 56.7 Å². The minimum absolute atomic E-state index is 0.00539. The summed E-state index contributed by atoms with van der Waals surface area (Å²) in [7, 11) is 3.76. The summed E-state index contributed by atoms with van der Waals surface area (Å²) >= 11 is 4.93. The van der Waals surface area contributed by atoms with Crippen LogP contribution in [0.5, 0.6) is 5.75 Å². The number of hydrogen-bond acceptors (Lipinski definition) is 6. The maximum atomic E-state index is 13.4. The first kappa shape index (κ1) is 25.8. The standard InChI is InChI=1S/C26H31BrN4O3S/c1-29-12-14-30(15-13-29)11-5-10-28-25(32)18-31-21-6-3-4-7-23(21)35-24(26(31)33)17-19-8-9-22(34-2)20(27)16-19/h3-4,6-9,16-17H,5,10-15,18H2,1-2H3,(H,28,32)/b24-17+. The number of ether oxygens (including phenoxy) is 1. The van der Waals surface area contributed by atoms with Crippen LogP contribution in [-0.4, -0.2) is 81.6 Å². The van der Waals surface area contributed by atoms with Gasteiger partial charge in [-0.15, -0.1) is 0 Å². The first-order valence-corrected chi connectivity index (χ1v) is 13.4. The molecule has 0 saturated carbocycles. The largest absolute Gasteiger partial charge is 0.496 e.